The highest BCUT2D eigenvalue weighted by molar-refractivity contribution is 5.43. The largest absolute Gasteiger partial charge is 0.397 e. The van der Waals surface area contributed by atoms with Crippen molar-refractivity contribution in [2.45, 2.75) is 6.67 Å². The fraction of sp³-hybridized carbons (Fsp3) is 0.143. The first-order valence-corrected chi connectivity index (χ1v) is 2.98. The number of pyridine rings is 1. The van der Waals surface area contributed by atoms with Crippen molar-refractivity contribution >= 4 is 5.69 Å². The Labute approximate surface area is 63.3 Å². The van der Waals surface area contributed by atoms with Crippen LogP contribution in [-0.2, 0) is 6.67 Å². The van der Waals surface area contributed by atoms with E-state index in [9.17, 15) is 4.39 Å². The number of nitriles is 1. The molecule has 1 aromatic rings. The highest BCUT2D eigenvalue weighted by Gasteiger charge is 2.01. The maximum absolute atomic E-state index is 12.1. The van der Waals surface area contributed by atoms with Crippen LogP contribution in [0.4, 0.5) is 10.1 Å². The average molecular weight is 151 g/mol. The Morgan fingerprint density at radius 3 is 3.00 bits per heavy atom. The first-order chi connectivity index (χ1) is 5.27. The molecular weight excluding hydrogens is 145 g/mol. The smallest absolute Gasteiger partial charge is 0.146 e. The molecule has 1 aromatic heterocycles. The van der Waals surface area contributed by atoms with Crippen molar-refractivity contribution in [2.24, 2.45) is 0 Å². The minimum atomic E-state index is -0.707. The van der Waals surface area contributed by atoms with Crippen molar-refractivity contribution in [3.05, 3.63) is 23.5 Å². The van der Waals surface area contributed by atoms with Gasteiger partial charge in [-0.15, -0.1) is 0 Å². The van der Waals surface area contributed by atoms with E-state index in [1.165, 1.54) is 12.3 Å². The monoisotopic (exact) mass is 151 g/mol. The van der Waals surface area contributed by atoms with Gasteiger partial charge in [0.25, 0.3) is 0 Å². The topological polar surface area (TPSA) is 62.7 Å². The van der Waals surface area contributed by atoms with Gasteiger partial charge in [-0.1, -0.05) is 0 Å². The first kappa shape index (κ1) is 7.48. The van der Waals surface area contributed by atoms with Crippen LogP contribution in [0.3, 0.4) is 0 Å². The van der Waals surface area contributed by atoms with E-state index in [2.05, 4.69) is 4.98 Å². The van der Waals surface area contributed by atoms with Gasteiger partial charge in [0, 0.05) is 5.56 Å². The molecule has 1 heterocycles. The molecule has 0 radical (unpaired) electrons. The second-order valence-corrected chi connectivity index (χ2v) is 2.02. The maximum atomic E-state index is 12.1. The molecule has 0 amide bonds. The van der Waals surface area contributed by atoms with Gasteiger partial charge in [-0.2, -0.15) is 5.26 Å². The summed E-state index contributed by atoms with van der Waals surface area (Å²) in [4.78, 5) is 3.64. The fourth-order valence-electron chi connectivity index (χ4n) is 0.731. The van der Waals surface area contributed by atoms with Crippen LogP contribution < -0.4 is 5.73 Å². The van der Waals surface area contributed by atoms with Gasteiger partial charge in [-0.3, -0.25) is 0 Å². The Bertz CT molecular complexity index is 303. The van der Waals surface area contributed by atoms with Crippen molar-refractivity contribution in [3.63, 3.8) is 0 Å². The molecule has 0 fully saturated rings. The van der Waals surface area contributed by atoms with Crippen LogP contribution in [0.5, 0.6) is 0 Å². The Morgan fingerprint density at radius 2 is 2.45 bits per heavy atom. The fourth-order valence-corrected chi connectivity index (χ4v) is 0.731. The predicted octanol–water partition coefficient (Wildman–Crippen LogP) is 1.00. The van der Waals surface area contributed by atoms with Crippen molar-refractivity contribution < 1.29 is 4.39 Å². The van der Waals surface area contributed by atoms with Crippen LogP contribution >= 0.6 is 0 Å². The van der Waals surface area contributed by atoms with E-state index in [0.29, 0.717) is 5.69 Å². The van der Waals surface area contributed by atoms with Gasteiger partial charge in [-0.25, -0.2) is 9.37 Å². The number of nitrogens with two attached hydrogens (primary N) is 1. The second-order valence-electron chi connectivity index (χ2n) is 2.02. The lowest BCUT2D eigenvalue weighted by Gasteiger charge is -1.97. The molecule has 11 heavy (non-hydrogen) atoms. The van der Waals surface area contributed by atoms with Gasteiger partial charge >= 0.3 is 0 Å². The molecule has 56 valence electrons. The van der Waals surface area contributed by atoms with Gasteiger partial charge in [0.15, 0.2) is 0 Å². The van der Waals surface area contributed by atoms with Crippen molar-refractivity contribution in [1.82, 2.24) is 4.98 Å². The van der Waals surface area contributed by atoms with Gasteiger partial charge in [0.2, 0.25) is 0 Å². The summed E-state index contributed by atoms with van der Waals surface area (Å²) in [7, 11) is 0. The van der Waals surface area contributed by atoms with Crippen LogP contribution in [0.1, 0.15) is 11.3 Å². The summed E-state index contributed by atoms with van der Waals surface area (Å²) in [6.45, 7) is -0.707. The standard InChI is InChI=1S/C7H6FN3/c8-2-5-1-6(10)4-11-7(5)3-9/h1,4H,2,10H2. The third-order valence-electron chi connectivity index (χ3n) is 1.24. The molecular formula is C7H6FN3. The summed E-state index contributed by atoms with van der Waals surface area (Å²) in [5.74, 6) is 0. The van der Waals surface area contributed by atoms with Crippen LogP contribution in [-0.4, -0.2) is 4.98 Å². The molecule has 0 bridgehead atoms. The lowest BCUT2D eigenvalue weighted by Crippen LogP contribution is -1.94. The number of anilines is 1. The highest BCUT2D eigenvalue weighted by Crippen LogP contribution is 2.10. The van der Waals surface area contributed by atoms with Crippen LogP contribution in [0.2, 0.25) is 0 Å². The Hall–Kier alpha value is -1.63. The van der Waals surface area contributed by atoms with Crippen molar-refractivity contribution in [3.8, 4) is 6.07 Å². The molecule has 2 N–H and O–H groups in total. The quantitative estimate of drug-likeness (QED) is 0.651. The van der Waals surface area contributed by atoms with Crippen molar-refractivity contribution in [1.29, 1.82) is 5.26 Å². The third-order valence-corrected chi connectivity index (χ3v) is 1.24. The molecule has 4 heteroatoms. The van der Waals surface area contributed by atoms with Crippen LogP contribution in [0.25, 0.3) is 0 Å². The average Bonchev–Trinajstić information content (AvgIpc) is 2.04. The Morgan fingerprint density at radius 1 is 1.73 bits per heavy atom. The molecule has 0 aliphatic heterocycles. The van der Waals surface area contributed by atoms with Crippen LogP contribution in [0.15, 0.2) is 12.3 Å². The van der Waals surface area contributed by atoms with Gasteiger partial charge < -0.3 is 5.73 Å². The lowest BCUT2D eigenvalue weighted by molar-refractivity contribution is 0.483. The van der Waals surface area contributed by atoms with Crippen LogP contribution in [0, 0.1) is 11.3 Å². The van der Waals surface area contributed by atoms with E-state index in [1.54, 1.807) is 6.07 Å². The third kappa shape index (κ3) is 1.44. The maximum Gasteiger partial charge on any atom is 0.146 e. The lowest BCUT2D eigenvalue weighted by atomic mass is 10.2. The Balaban J connectivity index is 3.19. The van der Waals surface area contributed by atoms with Gasteiger partial charge in [-0.05, 0) is 6.07 Å². The Kier molecular flexibility index (Phi) is 2.02. The minimum absolute atomic E-state index is 0.0988. The van der Waals surface area contributed by atoms with E-state index in [1.807, 2.05) is 0 Å². The number of nitrogens with zero attached hydrogens (tertiary/aromatic N) is 2. The molecule has 0 saturated heterocycles. The summed E-state index contributed by atoms with van der Waals surface area (Å²) >= 11 is 0. The summed E-state index contributed by atoms with van der Waals surface area (Å²) < 4.78 is 12.1. The zero-order valence-electron chi connectivity index (χ0n) is 5.71. The van der Waals surface area contributed by atoms with E-state index in [4.69, 9.17) is 11.0 Å². The van der Waals surface area contributed by atoms with E-state index < -0.39 is 6.67 Å². The normalized spacial score (nSPS) is 9.09. The first-order valence-electron chi connectivity index (χ1n) is 2.98. The van der Waals surface area contributed by atoms with E-state index >= 15 is 0 Å². The highest BCUT2D eigenvalue weighted by atomic mass is 19.1. The number of rotatable bonds is 1. The number of alkyl halides is 1. The molecule has 0 unspecified atom stereocenters. The van der Waals surface area contributed by atoms with E-state index in [-0.39, 0.29) is 11.3 Å². The molecule has 0 spiro atoms. The molecule has 0 atom stereocenters. The minimum Gasteiger partial charge on any atom is -0.397 e. The number of aromatic nitrogens is 1. The predicted molar refractivity (Wildman–Crippen MR) is 38.2 cm³/mol. The zero-order chi connectivity index (χ0) is 8.27. The molecule has 1 rings (SSSR count). The summed E-state index contributed by atoms with van der Waals surface area (Å²) in [6.07, 6.45) is 1.33. The van der Waals surface area contributed by atoms with Gasteiger partial charge in [0.05, 0.1) is 11.9 Å². The molecule has 3 nitrogen and oxygen atoms in total. The number of nitrogen functional groups attached to an aromatic ring is 1. The summed E-state index contributed by atoms with van der Waals surface area (Å²) in [6, 6.07) is 3.18. The van der Waals surface area contributed by atoms with Crippen molar-refractivity contribution in [2.75, 3.05) is 5.73 Å². The van der Waals surface area contributed by atoms with Gasteiger partial charge in [0.1, 0.15) is 18.4 Å². The SMILES string of the molecule is N#Cc1ncc(N)cc1CF. The summed E-state index contributed by atoms with van der Waals surface area (Å²) in [5, 5.41) is 8.42. The summed E-state index contributed by atoms with van der Waals surface area (Å²) in [5.41, 5.74) is 6.03. The zero-order valence-corrected chi connectivity index (χ0v) is 5.71. The van der Waals surface area contributed by atoms with E-state index in [0.717, 1.165) is 0 Å². The molecule has 0 aliphatic rings. The molecule has 0 saturated carbocycles. The number of hydrogen-bond acceptors (Lipinski definition) is 3. The number of hydrogen-bond donors (Lipinski definition) is 1. The molecule has 0 aromatic carbocycles. The second kappa shape index (κ2) is 2.97. The number of halogens is 1. The molecule has 0 aliphatic carbocycles.